The zero-order valence-electron chi connectivity index (χ0n) is 14.2. The van der Waals surface area contributed by atoms with Gasteiger partial charge in [0.05, 0.1) is 5.52 Å². The minimum absolute atomic E-state index is 0.332. The number of rotatable bonds is 6. The average Bonchev–Trinajstić information content (AvgIpc) is 2.62. The first-order chi connectivity index (χ1) is 11.7. The van der Waals surface area contributed by atoms with Crippen molar-refractivity contribution in [3.8, 4) is 5.75 Å². The summed E-state index contributed by atoms with van der Waals surface area (Å²) in [5.74, 6) is 1.13. The standard InChI is InChI=1S/C20H23N3O/c1-3-23(4-2)14-16-13-17(10-11-19(16)24)21-20-12-9-15-7-5-6-8-18(15)22-20/h5-13,24H,3-4,14H2,1-2H3,(H,21,22). The van der Waals surface area contributed by atoms with Gasteiger partial charge in [0.1, 0.15) is 11.6 Å². The van der Waals surface area contributed by atoms with Crippen molar-refractivity contribution in [1.82, 2.24) is 9.88 Å². The number of fused-ring (bicyclic) bond motifs is 1. The smallest absolute Gasteiger partial charge is 0.131 e. The van der Waals surface area contributed by atoms with Crippen LogP contribution in [0.2, 0.25) is 0 Å². The number of pyridine rings is 1. The van der Waals surface area contributed by atoms with Gasteiger partial charge in [-0.2, -0.15) is 0 Å². The first kappa shape index (κ1) is 16.3. The Bertz CT molecular complexity index is 828. The van der Waals surface area contributed by atoms with Crippen molar-refractivity contribution in [2.45, 2.75) is 20.4 Å². The van der Waals surface area contributed by atoms with Crippen LogP contribution in [0.5, 0.6) is 5.75 Å². The third-order valence-electron chi connectivity index (χ3n) is 4.24. The fourth-order valence-corrected chi connectivity index (χ4v) is 2.76. The van der Waals surface area contributed by atoms with Crippen LogP contribution in [-0.2, 0) is 6.54 Å². The Labute approximate surface area is 142 Å². The first-order valence-electron chi connectivity index (χ1n) is 8.36. The summed E-state index contributed by atoms with van der Waals surface area (Å²) in [6, 6.07) is 17.7. The maximum absolute atomic E-state index is 10.1. The van der Waals surface area contributed by atoms with Gasteiger partial charge in [0.15, 0.2) is 0 Å². The fraction of sp³-hybridized carbons (Fsp3) is 0.250. The molecule has 0 unspecified atom stereocenters. The van der Waals surface area contributed by atoms with Crippen LogP contribution in [0.4, 0.5) is 11.5 Å². The molecular formula is C20H23N3O. The third kappa shape index (κ3) is 3.66. The molecule has 2 N–H and O–H groups in total. The van der Waals surface area contributed by atoms with Gasteiger partial charge in [-0.25, -0.2) is 4.98 Å². The van der Waals surface area contributed by atoms with Gasteiger partial charge in [0, 0.05) is 23.2 Å². The molecule has 1 heterocycles. The van der Waals surface area contributed by atoms with E-state index in [-0.39, 0.29) is 0 Å². The van der Waals surface area contributed by atoms with E-state index in [2.05, 4.69) is 41.2 Å². The van der Waals surface area contributed by atoms with E-state index in [0.717, 1.165) is 47.6 Å². The van der Waals surface area contributed by atoms with Gasteiger partial charge < -0.3 is 10.4 Å². The van der Waals surface area contributed by atoms with E-state index in [1.54, 1.807) is 6.07 Å². The Morgan fingerprint density at radius 2 is 1.79 bits per heavy atom. The Morgan fingerprint density at radius 1 is 1.00 bits per heavy atom. The van der Waals surface area contributed by atoms with Crippen molar-refractivity contribution in [3.05, 3.63) is 60.2 Å². The number of hydrogen-bond donors (Lipinski definition) is 2. The van der Waals surface area contributed by atoms with Crippen molar-refractivity contribution in [3.63, 3.8) is 0 Å². The second kappa shape index (κ2) is 7.32. The Morgan fingerprint density at radius 3 is 2.58 bits per heavy atom. The molecule has 4 nitrogen and oxygen atoms in total. The average molecular weight is 321 g/mol. The van der Waals surface area contributed by atoms with Crippen LogP contribution in [-0.4, -0.2) is 28.1 Å². The van der Waals surface area contributed by atoms with Gasteiger partial charge in [-0.05, 0) is 49.5 Å². The largest absolute Gasteiger partial charge is 0.508 e. The Hall–Kier alpha value is -2.59. The molecule has 24 heavy (non-hydrogen) atoms. The van der Waals surface area contributed by atoms with Crippen molar-refractivity contribution in [2.75, 3.05) is 18.4 Å². The quantitative estimate of drug-likeness (QED) is 0.655. The third-order valence-corrected chi connectivity index (χ3v) is 4.24. The number of nitrogens with one attached hydrogen (secondary N) is 1. The highest BCUT2D eigenvalue weighted by Gasteiger charge is 2.08. The SMILES string of the molecule is CCN(CC)Cc1cc(Nc2ccc3ccccc3n2)ccc1O. The molecule has 0 atom stereocenters. The summed E-state index contributed by atoms with van der Waals surface area (Å²) in [5, 5.41) is 14.6. The van der Waals surface area contributed by atoms with Crippen LogP contribution in [0, 0.1) is 0 Å². The van der Waals surface area contributed by atoms with Crippen molar-refractivity contribution in [2.24, 2.45) is 0 Å². The Balaban J connectivity index is 1.83. The van der Waals surface area contributed by atoms with Crippen LogP contribution in [0.1, 0.15) is 19.4 Å². The number of aromatic hydroxyl groups is 1. The molecule has 0 radical (unpaired) electrons. The lowest BCUT2D eigenvalue weighted by atomic mass is 10.1. The molecule has 1 aromatic heterocycles. The van der Waals surface area contributed by atoms with Gasteiger partial charge in [-0.1, -0.05) is 32.0 Å². The molecule has 0 spiro atoms. The molecular weight excluding hydrogens is 298 g/mol. The molecule has 0 aliphatic heterocycles. The summed E-state index contributed by atoms with van der Waals surface area (Å²) in [6.07, 6.45) is 0. The van der Waals surface area contributed by atoms with E-state index >= 15 is 0 Å². The summed E-state index contributed by atoms with van der Waals surface area (Å²) in [7, 11) is 0. The molecule has 3 aromatic rings. The minimum Gasteiger partial charge on any atom is -0.508 e. The molecule has 0 saturated heterocycles. The summed E-state index contributed by atoms with van der Waals surface area (Å²) >= 11 is 0. The van der Waals surface area contributed by atoms with Crippen molar-refractivity contribution in [1.29, 1.82) is 0 Å². The molecule has 2 aromatic carbocycles. The molecule has 3 rings (SSSR count). The van der Waals surface area contributed by atoms with Crippen molar-refractivity contribution < 1.29 is 5.11 Å². The maximum Gasteiger partial charge on any atom is 0.131 e. The molecule has 0 amide bonds. The van der Waals surface area contributed by atoms with Gasteiger partial charge in [-0.3, -0.25) is 4.90 Å². The monoisotopic (exact) mass is 321 g/mol. The van der Waals surface area contributed by atoms with Crippen LogP contribution in [0.15, 0.2) is 54.6 Å². The maximum atomic E-state index is 10.1. The summed E-state index contributed by atoms with van der Waals surface area (Å²) in [5.41, 5.74) is 2.81. The first-order valence-corrected chi connectivity index (χ1v) is 8.36. The second-order valence-corrected chi connectivity index (χ2v) is 5.82. The highest BCUT2D eigenvalue weighted by molar-refractivity contribution is 5.80. The van der Waals surface area contributed by atoms with E-state index < -0.39 is 0 Å². The second-order valence-electron chi connectivity index (χ2n) is 5.82. The minimum atomic E-state index is 0.332. The van der Waals surface area contributed by atoms with E-state index in [4.69, 9.17) is 0 Å². The number of aromatic nitrogens is 1. The number of nitrogens with zero attached hydrogens (tertiary/aromatic N) is 2. The lowest BCUT2D eigenvalue weighted by Gasteiger charge is -2.19. The number of hydrogen-bond acceptors (Lipinski definition) is 4. The Kier molecular flexibility index (Phi) is 4.96. The number of para-hydroxylation sites is 1. The topological polar surface area (TPSA) is 48.4 Å². The van der Waals surface area contributed by atoms with E-state index in [9.17, 15) is 5.11 Å². The summed E-state index contributed by atoms with van der Waals surface area (Å²) in [6.45, 7) is 6.91. The van der Waals surface area contributed by atoms with Crippen LogP contribution in [0.25, 0.3) is 10.9 Å². The lowest BCUT2D eigenvalue weighted by Crippen LogP contribution is -2.22. The molecule has 0 fully saturated rings. The molecule has 0 aliphatic carbocycles. The van der Waals surface area contributed by atoms with E-state index in [1.165, 1.54) is 0 Å². The number of phenols is 1. The number of anilines is 2. The number of phenolic OH excluding ortho intramolecular Hbond substituents is 1. The molecule has 4 heteroatoms. The fourth-order valence-electron chi connectivity index (χ4n) is 2.76. The normalized spacial score (nSPS) is 11.1. The van der Waals surface area contributed by atoms with Crippen molar-refractivity contribution >= 4 is 22.4 Å². The van der Waals surface area contributed by atoms with Gasteiger partial charge in [0.2, 0.25) is 0 Å². The van der Waals surface area contributed by atoms with Gasteiger partial charge in [-0.15, -0.1) is 0 Å². The van der Waals surface area contributed by atoms with Crippen LogP contribution >= 0.6 is 0 Å². The van der Waals surface area contributed by atoms with Crippen LogP contribution in [0.3, 0.4) is 0 Å². The highest BCUT2D eigenvalue weighted by atomic mass is 16.3. The predicted molar refractivity (Wildman–Crippen MR) is 99.8 cm³/mol. The van der Waals surface area contributed by atoms with Crippen LogP contribution < -0.4 is 5.32 Å². The molecule has 124 valence electrons. The predicted octanol–water partition coefficient (Wildman–Crippen LogP) is 4.53. The lowest BCUT2D eigenvalue weighted by molar-refractivity contribution is 0.291. The highest BCUT2D eigenvalue weighted by Crippen LogP contribution is 2.25. The summed E-state index contributed by atoms with van der Waals surface area (Å²) < 4.78 is 0. The van der Waals surface area contributed by atoms with E-state index in [1.807, 2.05) is 36.4 Å². The molecule has 0 bridgehead atoms. The zero-order chi connectivity index (χ0) is 16.9. The van der Waals surface area contributed by atoms with Gasteiger partial charge >= 0.3 is 0 Å². The zero-order valence-corrected chi connectivity index (χ0v) is 14.2. The number of benzene rings is 2. The molecule has 0 aliphatic rings. The van der Waals surface area contributed by atoms with Gasteiger partial charge in [0.25, 0.3) is 0 Å². The molecule has 0 saturated carbocycles. The summed E-state index contributed by atoms with van der Waals surface area (Å²) in [4.78, 5) is 6.90. The van der Waals surface area contributed by atoms with E-state index in [0.29, 0.717) is 5.75 Å².